The van der Waals surface area contributed by atoms with Crippen molar-refractivity contribution in [3.63, 3.8) is 0 Å². The van der Waals surface area contributed by atoms with Crippen LogP contribution in [0.15, 0.2) is 18.2 Å². The molecule has 1 aromatic carbocycles. The molecule has 1 saturated heterocycles. The van der Waals surface area contributed by atoms with E-state index in [1.54, 1.807) is 0 Å². The van der Waals surface area contributed by atoms with Crippen LogP contribution in [0.4, 0.5) is 30.7 Å². The summed E-state index contributed by atoms with van der Waals surface area (Å²) in [5, 5.41) is 2.92. The van der Waals surface area contributed by atoms with E-state index < -0.39 is 41.8 Å². The molecule has 0 amide bonds. The number of benzene rings is 1. The van der Waals surface area contributed by atoms with Gasteiger partial charge in [0.25, 0.3) is 0 Å². The highest BCUT2D eigenvalue weighted by atomic mass is 35.5. The molecule has 2 rings (SSSR count). The summed E-state index contributed by atoms with van der Waals surface area (Å²) in [5.74, 6) is -1.56. The maximum atomic E-state index is 13.7. The van der Waals surface area contributed by atoms with Gasteiger partial charge in [-0.05, 0) is 11.6 Å². The third-order valence-corrected chi connectivity index (χ3v) is 3.71. The van der Waals surface area contributed by atoms with Crippen molar-refractivity contribution in [3.8, 4) is 0 Å². The Kier molecular flexibility index (Phi) is 6.89. The van der Waals surface area contributed by atoms with E-state index in [-0.39, 0.29) is 25.5 Å². The fraction of sp³-hybridized carbons (Fsp3) is 0.571. The molecular weight excluding hydrogens is 365 g/mol. The van der Waals surface area contributed by atoms with Crippen molar-refractivity contribution in [1.29, 1.82) is 0 Å². The molecule has 1 aliphatic rings. The summed E-state index contributed by atoms with van der Waals surface area (Å²) in [5.41, 5.74) is -2.29. The average molecular weight is 381 g/mol. The van der Waals surface area contributed by atoms with Crippen LogP contribution in [0.2, 0.25) is 0 Å². The Morgan fingerprint density at radius 1 is 1.04 bits per heavy atom. The lowest BCUT2D eigenvalue weighted by Gasteiger charge is -2.36. The monoisotopic (exact) mass is 380 g/mol. The van der Waals surface area contributed by atoms with E-state index in [1.807, 2.05) is 0 Å². The van der Waals surface area contributed by atoms with Crippen LogP contribution in [-0.2, 0) is 6.18 Å². The molecule has 24 heavy (non-hydrogen) atoms. The zero-order valence-electron chi connectivity index (χ0n) is 12.3. The summed E-state index contributed by atoms with van der Waals surface area (Å²) in [6.45, 7) is 1.05. The van der Waals surface area contributed by atoms with E-state index in [4.69, 9.17) is 0 Å². The van der Waals surface area contributed by atoms with Crippen LogP contribution >= 0.6 is 12.4 Å². The topological polar surface area (TPSA) is 15.3 Å². The molecule has 1 N–H and O–H groups in total. The predicted molar refractivity (Wildman–Crippen MR) is 76.5 cm³/mol. The lowest BCUT2D eigenvalue weighted by molar-refractivity contribution is -0.154. The van der Waals surface area contributed by atoms with Crippen LogP contribution in [0, 0.1) is 5.82 Å². The molecule has 0 unspecified atom stereocenters. The summed E-state index contributed by atoms with van der Waals surface area (Å²) in [7, 11) is 0. The Labute approximate surface area is 140 Å². The third-order valence-electron chi connectivity index (χ3n) is 3.71. The van der Waals surface area contributed by atoms with Gasteiger partial charge >= 0.3 is 12.4 Å². The smallest absolute Gasteiger partial charge is 0.314 e. The summed E-state index contributed by atoms with van der Waals surface area (Å²) in [6, 6.07) is 0.967. The van der Waals surface area contributed by atoms with Crippen molar-refractivity contribution < 1.29 is 30.7 Å². The number of halogens is 8. The molecule has 1 aromatic rings. The Bertz CT molecular complexity index is 539. The molecule has 0 bridgehead atoms. The average Bonchev–Trinajstić information content (AvgIpc) is 2.43. The maximum Gasteiger partial charge on any atom is 0.419 e. The van der Waals surface area contributed by atoms with E-state index >= 15 is 0 Å². The van der Waals surface area contributed by atoms with Crippen molar-refractivity contribution in [1.82, 2.24) is 10.2 Å². The highest BCUT2D eigenvalue weighted by Crippen LogP contribution is 2.41. The molecule has 0 radical (unpaired) electrons. The number of nitrogens with zero attached hydrogens (tertiary/aromatic N) is 1. The van der Waals surface area contributed by atoms with Crippen molar-refractivity contribution in [3.05, 3.63) is 35.1 Å². The highest BCUT2D eigenvalue weighted by Gasteiger charge is 2.43. The van der Waals surface area contributed by atoms with Gasteiger partial charge in [0.1, 0.15) is 5.82 Å². The minimum Gasteiger partial charge on any atom is -0.314 e. The summed E-state index contributed by atoms with van der Waals surface area (Å²) < 4.78 is 91.6. The van der Waals surface area contributed by atoms with Gasteiger partial charge in [0, 0.05) is 32.2 Å². The van der Waals surface area contributed by atoms with Gasteiger partial charge in [-0.15, -0.1) is 12.4 Å². The zero-order valence-corrected chi connectivity index (χ0v) is 13.2. The van der Waals surface area contributed by atoms with Crippen LogP contribution in [0.5, 0.6) is 0 Å². The minimum absolute atomic E-state index is 0. The number of nitrogens with one attached hydrogen (secondary N) is 1. The van der Waals surface area contributed by atoms with E-state index in [9.17, 15) is 30.7 Å². The molecule has 1 aliphatic heterocycles. The molecule has 0 aromatic heterocycles. The largest absolute Gasteiger partial charge is 0.419 e. The summed E-state index contributed by atoms with van der Waals surface area (Å²) >= 11 is 0. The van der Waals surface area contributed by atoms with Gasteiger partial charge in [-0.3, -0.25) is 4.90 Å². The Morgan fingerprint density at radius 3 is 2.12 bits per heavy atom. The molecule has 0 aliphatic carbocycles. The second kappa shape index (κ2) is 7.88. The lowest BCUT2D eigenvalue weighted by Crippen LogP contribution is -2.46. The Morgan fingerprint density at radius 2 is 1.62 bits per heavy atom. The normalized spacial score (nSPS) is 18.1. The van der Waals surface area contributed by atoms with Gasteiger partial charge in [-0.25, -0.2) is 4.39 Å². The molecule has 0 spiro atoms. The van der Waals surface area contributed by atoms with Crippen molar-refractivity contribution in [2.75, 3.05) is 26.2 Å². The number of hydrogen-bond donors (Lipinski definition) is 1. The van der Waals surface area contributed by atoms with Crippen LogP contribution < -0.4 is 5.32 Å². The van der Waals surface area contributed by atoms with Crippen molar-refractivity contribution in [2.45, 2.75) is 24.8 Å². The van der Waals surface area contributed by atoms with E-state index in [1.165, 1.54) is 4.90 Å². The van der Waals surface area contributed by atoms with Crippen LogP contribution in [0.25, 0.3) is 0 Å². The standard InChI is InChI=1S/C14H15F7N2.ClH/c15-10-3-1-2-9(12(10)14(19,20)21)11(8-13(16,17)18)23-6-4-22-5-7-23;/h1-3,11,22H,4-8H2;1H/t11-;/m1./s1. The molecule has 10 heteroatoms. The van der Waals surface area contributed by atoms with Gasteiger partial charge in [0.05, 0.1) is 12.0 Å². The van der Waals surface area contributed by atoms with Gasteiger partial charge in [0.2, 0.25) is 0 Å². The zero-order chi connectivity index (χ0) is 17.3. The first-order chi connectivity index (χ1) is 10.6. The first-order valence-corrected chi connectivity index (χ1v) is 6.97. The highest BCUT2D eigenvalue weighted by molar-refractivity contribution is 5.85. The minimum atomic E-state index is -5.06. The molecule has 2 nitrogen and oxygen atoms in total. The second-order valence-electron chi connectivity index (χ2n) is 5.32. The Hall–Kier alpha value is -1.06. The van der Waals surface area contributed by atoms with E-state index in [2.05, 4.69) is 5.32 Å². The van der Waals surface area contributed by atoms with Crippen LogP contribution in [0.3, 0.4) is 0 Å². The quantitative estimate of drug-likeness (QED) is 0.792. The van der Waals surface area contributed by atoms with Gasteiger partial charge in [-0.1, -0.05) is 12.1 Å². The molecule has 1 atom stereocenters. The predicted octanol–water partition coefficient (Wildman–Crippen LogP) is 4.17. The van der Waals surface area contributed by atoms with E-state index in [0.717, 1.165) is 12.1 Å². The number of piperazine rings is 1. The maximum absolute atomic E-state index is 13.7. The molecule has 138 valence electrons. The van der Waals surface area contributed by atoms with Gasteiger partial charge < -0.3 is 5.32 Å². The summed E-state index contributed by atoms with van der Waals surface area (Å²) in [6.07, 6.45) is -11.2. The van der Waals surface area contributed by atoms with Crippen LogP contribution in [-0.4, -0.2) is 37.3 Å². The van der Waals surface area contributed by atoms with Crippen molar-refractivity contribution in [2.24, 2.45) is 0 Å². The van der Waals surface area contributed by atoms with Gasteiger partial charge in [0.15, 0.2) is 0 Å². The van der Waals surface area contributed by atoms with E-state index in [0.29, 0.717) is 19.2 Å². The SMILES string of the molecule is Cl.Fc1cccc([C@@H](CC(F)(F)F)N2CCNCC2)c1C(F)(F)F. The molecule has 1 heterocycles. The lowest BCUT2D eigenvalue weighted by atomic mass is 9.95. The fourth-order valence-corrected chi connectivity index (χ4v) is 2.77. The first-order valence-electron chi connectivity index (χ1n) is 6.97. The number of hydrogen-bond acceptors (Lipinski definition) is 2. The first kappa shape index (κ1) is 21.0. The third kappa shape index (κ3) is 5.22. The van der Waals surface area contributed by atoms with Crippen LogP contribution in [0.1, 0.15) is 23.6 Å². The Balaban J connectivity index is 0.00000288. The molecule has 1 fully saturated rings. The van der Waals surface area contributed by atoms with Gasteiger partial charge in [-0.2, -0.15) is 26.3 Å². The second-order valence-corrected chi connectivity index (χ2v) is 5.32. The van der Waals surface area contributed by atoms with Crippen molar-refractivity contribution >= 4 is 12.4 Å². The number of alkyl halides is 6. The molecular formula is C14H16ClF7N2. The molecule has 0 saturated carbocycles. The summed E-state index contributed by atoms with van der Waals surface area (Å²) in [4.78, 5) is 1.31. The number of rotatable bonds is 3. The fourth-order valence-electron chi connectivity index (χ4n) is 2.77.